The van der Waals surface area contributed by atoms with E-state index in [4.69, 9.17) is 4.74 Å². The Balaban J connectivity index is 1.56. The number of anilines is 1. The van der Waals surface area contributed by atoms with Gasteiger partial charge in [-0.05, 0) is 0 Å². The van der Waals surface area contributed by atoms with Crippen molar-refractivity contribution in [2.45, 2.75) is 25.9 Å². The summed E-state index contributed by atoms with van der Waals surface area (Å²) in [5.41, 5.74) is 0. The van der Waals surface area contributed by atoms with Gasteiger partial charge >= 0.3 is 0 Å². The van der Waals surface area contributed by atoms with E-state index in [0.717, 1.165) is 11.6 Å². The number of nitrogens with zero attached hydrogens (tertiary/aromatic N) is 4. The quantitative estimate of drug-likeness (QED) is 0.857. The minimum atomic E-state index is -0.184. The Labute approximate surface area is 138 Å². The molecule has 2 aromatic heterocycles. The number of hydrogen-bond donors (Lipinski definition) is 2. The fraction of sp³-hybridized carbons (Fsp3) is 0.571. The van der Waals surface area contributed by atoms with Gasteiger partial charge in [0.25, 0.3) is 0 Å². The van der Waals surface area contributed by atoms with Crippen LogP contribution in [-0.2, 0) is 9.53 Å². The number of morpholine rings is 1. The number of rotatable bonds is 5. The molecule has 2 N–H and O–H groups in total. The highest BCUT2D eigenvalue weighted by Crippen LogP contribution is 2.20. The van der Waals surface area contributed by atoms with Crippen molar-refractivity contribution in [3.8, 4) is 0 Å². The first-order valence-corrected chi connectivity index (χ1v) is 8.45. The number of hydrogen-bond acceptors (Lipinski definition) is 7. The summed E-state index contributed by atoms with van der Waals surface area (Å²) in [5.74, 6) is 1.70. The van der Waals surface area contributed by atoms with Gasteiger partial charge in [-0.15, -0.1) is 11.3 Å². The van der Waals surface area contributed by atoms with Gasteiger partial charge < -0.3 is 10.1 Å². The van der Waals surface area contributed by atoms with Crippen LogP contribution in [-0.4, -0.2) is 57.2 Å². The molecule has 0 radical (unpaired) electrons. The molecule has 2 aromatic rings. The highest BCUT2D eigenvalue weighted by molar-refractivity contribution is 7.13. The number of nitrogens with one attached hydrogen (secondary N) is 2. The zero-order valence-corrected chi connectivity index (χ0v) is 14.0. The van der Waals surface area contributed by atoms with Gasteiger partial charge in [-0.1, -0.05) is 13.8 Å². The largest absolute Gasteiger partial charge is 0.368 e. The Morgan fingerprint density at radius 1 is 1.61 bits per heavy atom. The van der Waals surface area contributed by atoms with Crippen LogP contribution in [0.3, 0.4) is 0 Å². The molecule has 9 heteroatoms. The van der Waals surface area contributed by atoms with Gasteiger partial charge in [0.1, 0.15) is 6.10 Å². The summed E-state index contributed by atoms with van der Waals surface area (Å²) in [5, 5.41) is 12.4. The number of carbonyl (C=O) groups is 1. The molecule has 0 aliphatic carbocycles. The van der Waals surface area contributed by atoms with Crippen LogP contribution in [0.5, 0.6) is 0 Å². The van der Waals surface area contributed by atoms with Crippen LogP contribution in [0.4, 0.5) is 5.13 Å². The number of H-pyrrole nitrogens is 1. The van der Waals surface area contributed by atoms with Crippen molar-refractivity contribution in [2.24, 2.45) is 0 Å². The van der Waals surface area contributed by atoms with Gasteiger partial charge in [0, 0.05) is 30.6 Å². The third kappa shape index (κ3) is 4.12. The Morgan fingerprint density at radius 2 is 2.48 bits per heavy atom. The topological polar surface area (TPSA) is 96.0 Å². The van der Waals surface area contributed by atoms with E-state index < -0.39 is 0 Å². The Kier molecular flexibility index (Phi) is 4.99. The summed E-state index contributed by atoms with van der Waals surface area (Å²) in [6.07, 6.45) is 1.48. The summed E-state index contributed by atoms with van der Waals surface area (Å²) < 4.78 is 5.76. The third-order valence-electron chi connectivity index (χ3n) is 3.54. The zero-order chi connectivity index (χ0) is 16.2. The minimum Gasteiger partial charge on any atom is -0.368 e. The standard InChI is InChI=1S/C14H20N6O2S/c1-9(2)12-17-13(19-18-12)10-7-20(4-5-22-10)8-11(21)16-14-15-3-6-23-14/h3,6,9-10H,4-5,7-8H2,1-2H3,(H,15,16,21)(H,17,18,19)/t10-/m1/s1. The van der Waals surface area contributed by atoms with Crippen LogP contribution in [0.1, 0.15) is 37.5 Å². The predicted molar refractivity (Wildman–Crippen MR) is 86.3 cm³/mol. The lowest BCUT2D eigenvalue weighted by Crippen LogP contribution is -2.42. The van der Waals surface area contributed by atoms with Gasteiger partial charge in [0.2, 0.25) is 5.91 Å². The lowest BCUT2D eigenvalue weighted by molar-refractivity contribution is -0.119. The molecule has 0 spiro atoms. The van der Waals surface area contributed by atoms with Gasteiger partial charge in [0.05, 0.1) is 13.2 Å². The van der Waals surface area contributed by atoms with Crippen molar-refractivity contribution >= 4 is 22.4 Å². The van der Waals surface area contributed by atoms with Crippen LogP contribution in [0.15, 0.2) is 11.6 Å². The third-order valence-corrected chi connectivity index (χ3v) is 4.23. The molecule has 0 bridgehead atoms. The smallest absolute Gasteiger partial charge is 0.240 e. The van der Waals surface area contributed by atoms with E-state index in [1.807, 2.05) is 19.2 Å². The van der Waals surface area contributed by atoms with Crippen LogP contribution in [0.25, 0.3) is 0 Å². The molecular weight excluding hydrogens is 316 g/mol. The second-order valence-electron chi connectivity index (χ2n) is 5.71. The normalized spacial score (nSPS) is 19.2. The molecule has 3 heterocycles. The summed E-state index contributed by atoms with van der Waals surface area (Å²) >= 11 is 1.41. The van der Waals surface area contributed by atoms with Crippen molar-refractivity contribution in [3.63, 3.8) is 0 Å². The van der Waals surface area contributed by atoms with E-state index in [2.05, 4.69) is 30.4 Å². The molecule has 1 atom stereocenters. The molecule has 8 nitrogen and oxygen atoms in total. The zero-order valence-electron chi connectivity index (χ0n) is 13.2. The van der Waals surface area contributed by atoms with Crippen LogP contribution in [0, 0.1) is 0 Å². The van der Waals surface area contributed by atoms with Crippen LogP contribution < -0.4 is 5.32 Å². The Bertz CT molecular complexity index is 641. The summed E-state index contributed by atoms with van der Waals surface area (Å²) in [6, 6.07) is 0. The second-order valence-corrected chi connectivity index (χ2v) is 6.61. The number of aromatic nitrogens is 4. The SMILES string of the molecule is CC(C)c1n[nH]c([C@H]2CN(CC(=O)Nc3nccs3)CCO2)n1. The lowest BCUT2D eigenvalue weighted by atomic mass is 10.2. The highest BCUT2D eigenvalue weighted by atomic mass is 32.1. The average Bonchev–Trinajstić information content (AvgIpc) is 3.18. The Morgan fingerprint density at radius 3 is 3.17 bits per heavy atom. The summed E-state index contributed by atoms with van der Waals surface area (Å²) in [7, 11) is 0. The lowest BCUT2D eigenvalue weighted by Gasteiger charge is -2.31. The average molecular weight is 336 g/mol. The van der Waals surface area contributed by atoms with Crippen LogP contribution in [0.2, 0.25) is 0 Å². The maximum atomic E-state index is 12.1. The molecule has 1 aliphatic heterocycles. The predicted octanol–water partition coefficient (Wildman–Crippen LogP) is 1.40. The van der Waals surface area contributed by atoms with Gasteiger partial charge in [-0.2, -0.15) is 5.10 Å². The molecule has 124 valence electrons. The number of thiazole rings is 1. The van der Waals surface area contributed by atoms with Crippen molar-refractivity contribution < 1.29 is 9.53 Å². The van der Waals surface area contributed by atoms with Crippen LogP contribution >= 0.6 is 11.3 Å². The van der Waals surface area contributed by atoms with E-state index in [1.54, 1.807) is 6.20 Å². The van der Waals surface area contributed by atoms with E-state index >= 15 is 0 Å². The summed E-state index contributed by atoms with van der Waals surface area (Å²) in [6.45, 7) is 6.29. The van der Waals surface area contributed by atoms with Gasteiger partial charge in [0.15, 0.2) is 16.8 Å². The second kappa shape index (κ2) is 7.16. The molecule has 0 saturated carbocycles. The van der Waals surface area contributed by atoms with Crippen molar-refractivity contribution in [2.75, 3.05) is 31.6 Å². The first-order valence-electron chi connectivity index (χ1n) is 7.57. The maximum absolute atomic E-state index is 12.1. The number of amides is 1. The fourth-order valence-corrected chi connectivity index (χ4v) is 2.89. The van der Waals surface area contributed by atoms with E-state index in [9.17, 15) is 4.79 Å². The highest BCUT2D eigenvalue weighted by Gasteiger charge is 2.26. The van der Waals surface area contributed by atoms with Crippen molar-refractivity contribution in [1.29, 1.82) is 0 Å². The first-order chi connectivity index (χ1) is 11.1. The number of ether oxygens (including phenoxy) is 1. The molecule has 0 unspecified atom stereocenters. The van der Waals surface area contributed by atoms with Gasteiger partial charge in [-0.25, -0.2) is 9.97 Å². The van der Waals surface area contributed by atoms with Crippen molar-refractivity contribution in [3.05, 3.63) is 23.2 Å². The van der Waals surface area contributed by atoms with Gasteiger partial charge in [-0.3, -0.25) is 14.8 Å². The molecule has 1 aliphatic rings. The fourth-order valence-electron chi connectivity index (χ4n) is 2.35. The van der Waals surface area contributed by atoms with E-state index in [1.165, 1.54) is 11.3 Å². The Hall–Kier alpha value is -1.84. The molecule has 23 heavy (non-hydrogen) atoms. The van der Waals surface area contributed by atoms with Crippen molar-refractivity contribution in [1.82, 2.24) is 25.1 Å². The maximum Gasteiger partial charge on any atom is 0.240 e. The molecule has 3 rings (SSSR count). The monoisotopic (exact) mass is 336 g/mol. The van der Waals surface area contributed by atoms with E-state index in [-0.39, 0.29) is 17.9 Å². The number of aromatic amines is 1. The summed E-state index contributed by atoms with van der Waals surface area (Å²) in [4.78, 5) is 22.6. The molecular formula is C14H20N6O2S. The first kappa shape index (κ1) is 16.0. The molecule has 1 amide bonds. The molecule has 1 saturated heterocycles. The molecule has 1 fully saturated rings. The number of carbonyl (C=O) groups excluding carboxylic acids is 1. The minimum absolute atomic E-state index is 0.0685. The molecule has 0 aromatic carbocycles. The van der Waals surface area contributed by atoms with E-state index in [0.29, 0.717) is 31.4 Å².